The van der Waals surface area contributed by atoms with Gasteiger partial charge in [-0.05, 0) is 18.2 Å². The first-order valence-corrected chi connectivity index (χ1v) is 9.31. The molecule has 2 aromatic heterocycles. The number of carbonyl (C=O) groups excluding carboxylic acids is 1. The van der Waals surface area contributed by atoms with E-state index in [9.17, 15) is 19.4 Å². The molecule has 0 bridgehead atoms. The van der Waals surface area contributed by atoms with Crippen LogP contribution in [-0.4, -0.2) is 54.8 Å². The van der Waals surface area contributed by atoms with Gasteiger partial charge in [0.15, 0.2) is 0 Å². The highest BCUT2D eigenvalue weighted by Crippen LogP contribution is 2.44. The zero-order chi connectivity index (χ0) is 19.0. The van der Waals surface area contributed by atoms with Crippen LogP contribution in [0.25, 0.3) is 11.0 Å². The summed E-state index contributed by atoms with van der Waals surface area (Å²) >= 11 is 1.16. The number of fused-ring (bicyclic) bond motifs is 1. The first kappa shape index (κ1) is 17.9. The van der Waals surface area contributed by atoms with E-state index >= 15 is 0 Å². The Balaban J connectivity index is 1.65. The van der Waals surface area contributed by atoms with Crippen LogP contribution in [0.4, 0.5) is 10.2 Å². The second-order valence-corrected chi connectivity index (χ2v) is 7.55. The van der Waals surface area contributed by atoms with Gasteiger partial charge in [0.05, 0.1) is 17.2 Å². The number of aliphatic hydroxyl groups is 2. The maximum absolute atomic E-state index is 14.1. The zero-order valence-electron chi connectivity index (χ0n) is 14.1. The van der Waals surface area contributed by atoms with Gasteiger partial charge in [-0.2, -0.15) is 0 Å². The molecule has 3 heterocycles. The van der Waals surface area contributed by atoms with Crippen molar-refractivity contribution in [3.05, 3.63) is 54.5 Å². The van der Waals surface area contributed by atoms with Crippen LogP contribution in [0.1, 0.15) is 15.7 Å². The van der Waals surface area contributed by atoms with Gasteiger partial charge < -0.3 is 20.1 Å². The number of rotatable bonds is 4. The number of anilines is 1. The molecule has 7 nitrogen and oxygen atoms in total. The number of benzene rings is 1. The molecular formula is C18H17FN4O3S. The average Bonchev–Trinajstić information content (AvgIpc) is 3.25. The molecule has 0 radical (unpaired) electrons. The highest BCUT2D eigenvalue weighted by molar-refractivity contribution is 8.00. The van der Waals surface area contributed by atoms with Crippen LogP contribution in [0.2, 0.25) is 0 Å². The Hall–Kier alpha value is -2.49. The lowest BCUT2D eigenvalue weighted by Crippen LogP contribution is -2.29. The summed E-state index contributed by atoms with van der Waals surface area (Å²) in [5.74, 6) is 0.0309. The van der Waals surface area contributed by atoms with Gasteiger partial charge in [0, 0.05) is 11.8 Å². The summed E-state index contributed by atoms with van der Waals surface area (Å²) in [5.41, 5.74) is 0.965. The molecule has 0 aliphatic carbocycles. The fraction of sp³-hybridized carbons (Fsp3) is 0.278. The number of hydrogen-bond acceptors (Lipinski definition) is 6. The van der Waals surface area contributed by atoms with Crippen molar-refractivity contribution in [1.82, 2.24) is 14.5 Å². The number of amides is 1. The number of aliphatic hydroxyl groups excluding tert-OH is 2. The van der Waals surface area contributed by atoms with Gasteiger partial charge in [-0.25, -0.2) is 14.4 Å². The molecule has 3 aromatic rings. The third kappa shape index (κ3) is 3.18. The molecule has 3 N–H and O–H groups in total. The van der Waals surface area contributed by atoms with E-state index in [4.69, 9.17) is 0 Å². The van der Waals surface area contributed by atoms with Crippen LogP contribution < -0.4 is 5.32 Å². The average molecular weight is 388 g/mol. The lowest BCUT2D eigenvalue weighted by molar-refractivity contribution is 0.0643. The summed E-state index contributed by atoms with van der Waals surface area (Å²) in [6.07, 6.45) is 0.189. The van der Waals surface area contributed by atoms with Crippen molar-refractivity contribution in [2.75, 3.05) is 11.9 Å². The molecule has 1 aliphatic heterocycles. The Bertz CT molecular complexity index is 968. The number of halogens is 1. The summed E-state index contributed by atoms with van der Waals surface area (Å²) in [4.78, 5) is 20.8. The molecule has 1 fully saturated rings. The normalized spacial score (nSPS) is 25.0. The van der Waals surface area contributed by atoms with Crippen molar-refractivity contribution in [2.45, 2.75) is 22.9 Å². The maximum atomic E-state index is 14.1. The largest absolute Gasteiger partial charge is 0.395 e. The predicted octanol–water partition coefficient (Wildman–Crippen LogP) is 1.99. The highest BCUT2D eigenvalue weighted by Gasteiger charge is 2.44. The number of aromatic nitrogens is 3. The minimum atomic E-state index is -1.53. The summed E-state index contributed by atoms with van der Waals surface area (Å²) in [6.45, 7) is -0.355. The van der Waals surface area contributed by atoms with Crippen LogP contribution in [0, 0.1) is 0 Å². The van der Waals surface area contributed by atoms with E-state index in [2.05, 4.69) is 15.3 Å². The third-order valence-corrected chi connectivity index (χ3v) is 6.06. The minimum absolute atomic E-state index is 0.303. The summed E-state index contributed by atoms with van der Waals surface area (Å²) in [5, 5.41) is 21.5. The van der Waals surface area contributed by atoms with Crippen LogP contribution in [0.15, 0.2) is 48.9 Å². The first-order chi connectivity index (χ1) is 13.1. The van der Waals surface area contributed by atoms with Crippen molar-refractivity contribution >= 4 is 34.5 Å². The molecule has 1 saturated heterocycles. The van der Waals surface area contributed by atoms with Crippen molar-refractivity contribution < 1.29 is 19.4 Å². The molecule has 9 heteroatoms. The highest BCUT2D eigenvalue weighted by atomic mass is 32.2. The van der Waals surface area contributed by atoms with Crippen LogP contribution in [-0.2, 0) is 0 Å². The van der Waals surface area contributed by atoms with E-state index in [0.29, 0.717) is 22.4 Å². The molecule has 1 aromatic carbocycles. The SMILES string of the molecule is O=C(Nc1ncnc2c1ccn2[C@@H]1S[C@H](CO)[C@@H](F)[C@H]1O)c1ccccc1. The topological polar surface area (TPSA) is 100 Å². The quantitative estimate of drug-likeness (QED) is 0.632. The van der Waals surface area contributed by atoms with E-state index in [1.54, 1.807) is 41.1 Å². The van der Waals surface area contributed by atoms with Crippen LogP contribution in [0.3, 0.4) is 0 Å². The molecule has 140 valence electrons. The molecule has 0 saturated carbocycles. The van der Waals surface area contributed by atoms with E-state index in [0.717, 1.165) is 11.8 Å². The lowest BCUT2D eigenvalue weighted by Gasteiger charge is -2.17. The van der Waals surface area contributed by atoms with Crippen molar-refractivity contribution in [1.29, 1.82) is 0 Å². The van der Waals surface area contributed by atoms with E-state index in [1.165, 1.54) is 6.33 Å². The number of hydrogen-bond donors (Lipinski definition) is 3. The van der Waals surface area contributed by atoms with Crippen LogP contribution >= 0.6 is 11.8 Å². The first-order valence-electron chi connectivity index (χ1n) is 8.36. The molecule has 4 atom stereocenters. The molecule has 1 aliphatic rings. The number of nitrogens with zero attached hydrogens (tertiary/aromatic N) is 3. The smallest absolute Gasteiger partial charge is 0.256 e. The predicted molar refractivity (Wildman–Crippen MR) is 100 cm³/mol. The second-order valence-electron chi connectivity index (χ2n) is 6.19. The fourth-order valence-corrected chi connectivity index (χ4v) is 4.50. The van der Waals surface area contributed by atoms with Gasteiger partial charge in [-0.1, -0.05) is 18.2 Å². The second kappa shape index (κ2) is 7.26. The molecule has 27 heavy (non-hydrogen) atoms. The summed E-state index contributed by atoms with van der Waals surface area (Å²) < 4.78 is 15.8. The van der Waals surface area contributed by atoms with Gasteiger partial charge in [0.1, 0.15) is 35.4 Å². The van der Waals surface area contributed by atoms with Gasteiger partial charge >= 0.3 is 0 Å². The van der Waals surface area contributed by atoms with Gasteiger partial charge in [-0.3, -0.25) is 4.79 Å². The number of carbonyl (C=O) groups is 1. The Labute approximate surface area is 158 Å². The Morgan fingerprint density at radius 2 is 2.04 bits per heavy atom. The molecule has 4 rings (SSSR count). The van der Waals surface area contributed by atoms with Gasteiger partial charge in [-0.15, -0.1) is 11.8 Å². The monoisotopic (exact) mass is 388 g/mol. The number of thioether (sulfide) groups is 1. The summed E-state index contributed by atoms with van der Waals surface area (Å²) in [7, 11) is 0. The number of nitrogens with one attached hydrogen (secondary N) is 1. The van der Waals surface area contributed by atoms with Crippen molar-refractivity contribution in [3.63, 3.8) is 0 Å². The minimum Gasteiger partial charge on any atom is -0.395 e. The fourth-order valence-electron chi connectivity index (χ4n) is 3.13. The molecule has 0 spiro atoms. The Kier molecular flexibility index (Phi) is 4.81. The maximum Gasteiger partial charge on any atom is 0.256 e. The van der Waals surface area contributed by atoms with Gasteiger partial charge in [0.25, 0.3) is 5.91 Å². The third-order valence-electron chi connectivity index (χ3n) is 4.52. The molecule has 0 unspecified atom stereocenters. The lowest BCUT2D eigenvalue weighted by atomic mass is 10.1. The standard InChI is InChI=1S/C18H17FN4O3S/c19-13-12(8-24)27-18(14(13)25)23-7-6-11-15(20-9-21-16(11)23)22-17(26)10-4-2-1-3-5-10/h1-7,9,12-14,18,24-25H,8H2,(H,20,21,22,26)/t12-,13-,14-,18-/m1/s1. The van der Waals surface area contributed by atoms with Crippen molar-refractivity contribution in [2.24, 2.45) is 0 Å². The number of alkyl halides is 1. The summed E-state index contributed by atoms with van der Waals surface area (Å²) in [6, 6.07) is 10.5. The Morgan fingerprint density at radius 1 is 1.26 bits per heavy atom. The van der Waals surface area contributed by atoms with Crippen LogP contribution in [0.5, 0.6) is 0 Å². The van der Waals surface area contributed by atoms with Gasteiger partial charge in [0.2, 0.25) is 0 Å². The Morgan fingerprint density at radius 3 is 2.74 bits per heavy atom. The molecule has 1 amide bonds. The van der Waals surface area contributed by atoms with Crippen molar-refractivity contribution in [3.8, 4) is 0 Å². The zero-order valence-corrected chi connectivity index (χ0v) is 14.9. The van der Waals surface area contributed by atoms with E-state index < -0.39 is 22.9 Å². The van der Waals surface area contributed by atoms with E-state index in [1.807, 2.05) is 6.07 Å². The molecular weight excluding hydrogens is 371 g/mol. The van der Waals surface area contributed by atoms with E-state index in [-0.39, 0.29) is 12.5 Å².